The highest BCUT2D eigenvalue weighted by Crippen LogP contribution is 2.44. The first kappa shape index (κ1) is 13.1. The van der Waals surface area contributed by atoms with Crippen molar-refractivity contribution in [1.29, 1.82) is 0 Å². The van der Waals surface area contributed by atoms with Crippen LogP contribution in [-0.2, 0) is 0 Å². The molecular weight excluding hydrogens is 224 g/mol. The molecule has 98 valence electrons. The van der Waals surface area contributed by atoms with Crippen molar-refractivity contribution in [1.82, 2.24) is 0 Å². The van der Waals surface area contributed by atoms with E-state index in [9.17, 15) is 4.79 Å². The zero-order valence-electron chi connectivity index (χ0n) is 11.5. The molecule has 2 rings (SSSR count). The van der Waals surface area contributed by atoms with Crippen LogP contribution in [-0.4, -0.2) is 12.4 Å². The average molecular weight is 246 g/mol. The van der Waals surface area contributed by atoms with Crippen LogP contribution in [0.3, 0.4) is 0 Å². The van der Waals surface area contributed by atoms with Crippen LogP contribution in [0.4, 0.5) is 0 Å². The Balaban J connectivity index is 2.20. The summed E-state index contributed by atoms with van der Waals surface area (Å²) in [5.41, 5.74) is 0.930. The molecule has 1 fully saturated rings. The quantitative estimate of drug-likeness (QED) is 0.748. The summed E-state index contributed by atoms with van der Waals surface area (Å²) in [6.45, 7) is 6.99. The monoisotopic (exact) mass is 246 g/mol. The number of hydrogen-bond acceptors (Lipinski definition) is 2. The Morgan fingerprint density at radius 2 is 2.22 bits per heavy atom. The van der Waals surface area contributed by atoms with Crippen molar-refractivity contribution in [2.45, 2.75) is 40.0 Å². The number of hydrogen-bond donors (Lipinski definition) is 0. The fourth-order valence-corrected chi connectivity index (χ4v) is 2.92. The van der Waals surface area contributed by atoms with E-state index >= 15 is 0 Å². The highest BCUT2D eigenvalue weighted by atomic mass is 16.5. The van der Waals surface area contributed by atoms with E-state index in [0.717, 1.165) is 30.6 Å². The second kappa shape index (κ2) is 5.13. The summed E-state index contributed by atoms with van der Waals surface area (Å²) < 4.78 is 5.46. The molecule has 0 bridgehead atoms. The summed E-state index contributed by atoms with van der Waals surface area (Å²) in [4.78, 5) is 12.6. The highest BCUT2D eigenvalue weighted by Gasteiger charge is 2.39. The van der Waals surface area contributed by atoms with Gasteiger partial charge >= 0.3 is 0 Å². The third-order valence-corrected chi connectivity index (χ3v) is 4.00. The fourth-order valence-electron chi connectivity index (χ4n) is 2.92. The number of ether oxygens (including phenoxy) is 1. The summed E-state index contributed by atoms with van der Waals surface area (Å²) in [7, 11) is 0. The minimum Gasteiger partial charge on any atom is -0.494 e. The van der Waals surface area contributed by atoms with Gasteiger partial charge in [-0.3, -0.25) is 4.79 Å². The van der Waals surface area contributed by atoms with Crippen LogP contribution in [0.2, 0.25) is 0 Å². The molecule has 0 spiro atoms. The second-order valence-corrected chi connectivity index (χ2v) is 5.76. The molecule has 1 unspecified atom stereocenters. The Morgan fingerprint density at radius 3 is 2.83 bits per heavy atom. The predicted molar refractivity (Wildman–Crippen MR) is 73.1 cm³/mol. The van der Waals surface area contributed by atoms with E-state index in [2.05, 4.69) is 13.8 Å². The Hall–Kier alpha value is -1.31. The second-order valence-electron chi connectivity index (χ2n) is 5.76. The van der Waals surface area contributed by atoms with Crippen LogP contribution in [0.5, 0.6) is 5.75 Å². The van der Waals surface area contributed by atoms with E-state index in [1.807, 2.05) is 31.2 Å². The maximum absolute atomic E-state index is 12.6. The summed E-state index contributed by atoms with van der Waals surface area (Å²) in [6, 6.07) is 7.58. The highest BCUT2D eigenvalue weighted by molar-refractivity contribution is 5.98. The zero-order chi connectivity index (χ0) is 13.2. The van der Waals surface area contributed by atoms with E-state index in [0.29, 0.717) is 6.61 Å². The Kier molecular flexibility index (Phi) is 3.74. The van der Waals surface area contributed by atoms with Gasteiger partial charge in [0.2, 0.25) is 0 Å². The van der Waals surface area contributed by atoms with Crippen LogP contribution >= 0.6 is 0 Å². The molecule has 1 aliphatic carbocycles. The molecule has 0 N–H and O–H groups in total. The van der Waals surface area contributed by atoms with E-state index in [1.165, 1.54) is 0 Å². The molecule has 1 atom stereocenters. The molecule has 0 aliphatic heterocycles. The van der Waals surface area contributed by atoms with Crippen molar-refractivity contribution in [3.63, 3.8) is 0 Å². The van der Waals surface area contributed by atoms with E-state index in [1.54, 1.807) is 0 Å². The molecule has 2 nitrogen and oxygen atoms in total. The minimum atomic E-state index is 0.138. The van der Waals surface area contributed by atoms with Crippen molar-refractivity contribution in [2.75, 3.05) is 6.61 Å². The first-order chi connectivity index (χ1) is 8.54. The van der Waals surface area contributed by atoms with Crippen LogP contribution < -0.4 is 4.74 Å². The van der Waals surface area contributed by atoms with Crippen LogP contribution in [0.15, 0.2) is 24.3 Å². The van der Waals surface area contributed by atoms with Crippen molar-refractivity contribution >= 4 is 5.78 Å². The lowest BCUT2D eigenvalue weighted by atomic mass is 9.78. The minimum absolute atomic E-state index is 0.138. The number of rotatable bonds is 4. The average Bonchev–Trinajstić information content (AvgIpc) is 2.69. The van der Waals surface area contributed by atoms with Gasteiger partial charge in [0.1, 0.15) is 5.75 Å². The molecule has 18 heavy (non-hydrogen) atoms. The third-order valence-electron chi connectivity index (χ3n) is 4.00. The number of carbonyl (C=O) groups is 1. The van der Waals surface area contributed by atoms with Gasteiger partial charge < -0.3 is 4.74 Å². The van der Waals surface area contributed by atoms with Crippen molar-refractivity contribution in [3.05, 3.63) is 29.8 Å². The van der Waals surface area contributed by atoms with Crippen LogP contribution in [0.1, 0.15) is 50.4 Å². The summed E-state index contributed by atoms with van der Waals surface area (Å²) in [5, 5.41) is 0. The van der Waals surface area contributed by atoms with Gasteiger partial charge in [0, 0.05) is 11.5 Å². The van der Waals surface area contributed by atoms with Gasteiger partial charge in [0.05, 0.1) is 6.61 Å². The SMILES string of the molecule is CCOc1cccc(C(=O)C2CCCC2(C)C)c1. The molecule has 0 radical (unpaired) electrons. The lowest BCUT2D eigenvalue weighted by Crippen LogP contribution is -2.25. The molecule has 1 aromatic carbocycles. The van der Waals surface area contributed by atoms with Crippen molar-refractivity contribution in [2.24, 2.45) is 11.3 Å². The van der Waals surface area contributed by atoms with Crippen LogP contribution in [0, 0.1) is 11.3 Å². The number of Topliss-reactive ketones (excluding diaryl/α,β-unsaturated/α-hetero) is 1. The topological polar surface area (TPSA) is 26.3 Å². The molecule has 1 aromatic rings. The lowest BCUT2D eigenvalue weighted by molar-refractivity contribution is 0.0838. The first-order valence-corrected chi connectivity index (χ1v) is 6.81. The normalized spacial score (nSPS) is 21.8. The van der Waals surface area contributed by atoms with E-state index in [-0.39, 0.29) is 17.1 Å². The molecule has 0 aromatic heterocycles. The van der Waals surface area contributed by atoms with E-state index < -0.39 is 0 Å². The van der Waals surface area contributed by atoms with Crippen molar-refractivity contribution in [3.8, 4) is 5.75 Å². The maximum Gasteiger partial charge on any atom is 0.166 e. The Bertz CT molecular complexity index is 434. The summed E-state index contributed by atoms with van der Waals surface area (Å²) in [6.07, 6.45) is 3.33. The Labute approximate surface area is 109 Å². The number of ketones is 1. The van der Waals surface area contributed by atoms with Gasteiger partial charge in [-0.15, -0.1) is 0 Å². The smallest absolute Gasteiger partial charge is 0.166 e. The van der Waals surface area contributed by atoms with Crippen LogP contribution in [0.25, 0.3) is 0 Å². The van der Waals surface area contributed by atoms with Gasteiger partial charge in [0.15, 0.2) is 5.78 Å². The Morgan fingerprint density at radius 1 is 1.44 bits per heavy atom. The number of carbonyl (C=O) groups excluding carboxylic acids is 1. The van der Waals surface area contributed by atoms with Gasteiger partial charge in [-0.05, 0) is 37.3 Å². The summed E-state index contributed by atoms with van der Waals surface area (Å²) >= 11 is 0. The molecule has 0 amide bonds. The molecular formula is C16H22O2. The van der Waals surface area contributed by atoms with Gasteiger partial charge in [0.25, 0.3) is 0 Å². The van der Waals surface area contributed by atoms with Gasteiger partial charge in [-0.25, -0.2) is 0 Å². The van der Waals surface area contributed by atoms with Gasteiger partial charge in [-0.1, -0.05) is 32.4 Å². The molecule has 0 saturated heterocycles. The standard InChI is InChI=1S/C16H22O2/c1-4-18-13-8-5-7-12(11-13)15(17)14-9-6-10-16(14,2)3/h5,7-8,11,14H,4,6,9-10H2,1-3H3. The molecule has 0 heterocycles. The maximum atomic E-state index is 12.6. The van der Waals surface area contributed by atoms with E-state index in [4.69, 9.17) is 4.74 Å². The van der Waals surface area contributed by atoms with Crippen molar-refractivity contribution < 1.29 is 9.53 Å². The predicted octanol–water partition coefficient (Wildman–Crippen LogP) is 4.09. The van der Waals surface area contributed by atoms with Gasteiger partial charge in [-0.2, -0.15) is 0 Å². The summed E-state index contributed by atoms with van der Waals surface area (Å²) in [5.74, 6) is 1.23. The zero-order valence-corrected chi connectivity index (χ0v) is 11.5. The first-order valence-electron chi connectivity index (χ1n) is 6.81. The largest absolute Gasteiger partial charge is 0.494 e. The fraction of sp³-hybridized carbons (Fsp3) is 0.562. The molecule has 1 saturated carbocycles. The third kappa shape index (κ3) is 2.58. The lowest BCUT2D eigenvalue weighted by Gasteiger charge is -2.25. The number of benzene rings is 1. The molecule has 2 heteroatoms. The molecule has 1 aliphatic rings.